The summed E-state index contributed by atoms with van der Waals surface area (Å²) >= 11 is 1.83. The van der Waals surface area contributed by atoms with Gasteiger partial charge in [-0.3, -0.25) is 0 Å². The Morgan fingerprint density at radius 2 is 1.50 bits per heavy atom. The van der Waals surface area contributed by atoms with Crippen molar-refractivity contribution in [3.63, 3.8) is 0 Å². The molecule has 0 amide bonds. The van der Waals surface area contributed by atoms with Crippen molar-refractivity contribution in [3.8, 4) is 6.07 Å². The van der Waals surface area contributed by atoms with Gasteiger partial charge >= 0.3 is 0 Å². The SMILES string of the molecule is C/C(=C\C=C\[C@@H](C)[C@H]1C[C@@H](CCO[Si](c2ccccc2)(c2ccccc2)C(C)(C)C)C[C@H](Sc2ccccc2)O1)C(C#N)O[Si](C)(C)C. The largest absolute Gasteiger partial charge is 0.407 e. The maximum absolute atomic E-state index is 9.70. The molecule has 0 aliphatic carbocycles. The van der Waals surface area contributed by atoms with Crippen molar-refractivity contribution in [2.75, 3.05) is 6.61 Å². The summed E-state index contributed by atoms with van der Waals surface area (Å²) in [5.74, 6) is 0.691. The van der Waals surface area contributed by atoms with E-state index in [1.807, 2.05) is 24.8 Å². The first-order valence-corrected chi connectivity index (χ1v) is 23.6. The number of ether oxygens (including phenoxy) is 1. The molecule has 7 heteroatoms. The summed E-state index contributed by atoms with van der Waals surface area (Å²) in [7, 11) is -4.42. The van der Waals surface area contributed by atoms with Gasteiger partial charge in [-0.1, -0.05) is 137 Å². The molecule has 48 heavy (non-hydrogen) atoms. The molecule has 0 aromatic heterocycles. The third-order valence-electron chi connectivity index (χ3n) is 9.05. The smallest absolute Gasteiger partial charge is 0.261 e. The van der Waals surface area contributed by atoms with Gasteiger partial charge in [0, 0.05) is 17.4 Å². The normalized spacial score (nSPS) is 20.7. The number of nitrogens with zero attached hydrogens (tertiary/aromatic N) is 1. The molecule has 1 saturated heterocycles. The number of hydrogen-bond donors (Lipinski definition) is 0. The summed E-state index contributed by atoms with van der Waals surface area (Å²) in [4.78, 5) is 1.23. The molecule has 4 nitrogen and oxygen atoms in total. The first-order valence-electron chi connectivity index (χ1n) is 17.4. The second-order valence-corrected chi connectivity index (χ2v) is 25.1. The molecule has 0 saturated carbocycles. The molecule has 0 spiro atoms. The minimum atomic E-state index is -2.59. The Labute approximate surface area is 296 Å². The van der Waals surface area contributed by atoms with E-state index in [0.29, 0.717) is 12.5 Å². The van der Waals surface area contributed by atoms with Gasteiger partial charge in [0.25, 0.3) is 8.32 Å². The van der Waals surface area contributed by atoms with Gasteiger partial charge in [-0.15, -0.1) is 0 Å². The van der Waals surface area contributed by atoms with Gasteiger partial charge in [-0.2, -0.15) is 5.26 Å². The predicted octanol–water partition coefficient (Wildman–Crippen LogP) is 9.75. The highest BCUT2D eigenvalue weighted by Gasteiger charge is 2.50. The van der Waals surface area contributed by atoms with Crippen molar-refractivity contribution >= 4 is 38.8 Å². The lowest BCUT2D eigenvalue weighted by molar-refractivity contribution is -0.0486. The molecule has 0 bridgehead atoms. The Bertz CT molecular complexity index is 1470. The lowest BCUT2D eigenvalue weighted by atomic mass is 9.87. The summed E-state index contributed by atoms with van der Waals surface area (Å²) in [6.07, 6.45) is 8.89. The average molecular weight is 698 g/mol. The quantitative estimate of drug-likeness (QED) is 0.124. The van der Waals surface area contributed by atoms with Gasteiger partial charge in [0.2, 0.25) is 0 Å². The molecule has 4 rings (SSSR count). The Kier molecular flexibility index (Phi) is 13.7. The van der Waals surface area contributed by atoms with Crippen LogP contribution in [0.15, 0.2) is 120 Å². The minimum Gasteiger partial charge on any atom is -0.407 e. The van der Waals surface area contributed by atoms with E-state index in [2.05, 4.69) is 157 Å². The molecule has 1 heterocycles. The number of thioether (sulfide) groups is 1. The van der Waals surface area contributed by atoms with E-state index < -0.39 is 22.7 Å². The molecular weight excluding hydrogens is 643 g/mol. The van der Waals surface area contributed by atoms with Gasteiger partial charge in [-0.05, 0) is 84.9 Å². The minimum absolute atomic E-state index is 0.0464. The number of hydrogen-bond acceptors (Lipinski definition) is 5. The average Bonchev–Trinajstić information content (AvgIpc) is 3.05. The summed E-state index contributed by atoms with van der Waals surface area (Å²) < 4.78 is 20.2. The zero-order valence-electron chi connectivity index (χ0n) is 30.2. The molecule has 0 radical (unpaired) electrons. The zero-order chi connectivity index (χ0) is 34.8. The Morgan fingerprint density at radius 3 is 2.02 bits per heavy atom. The van der Waals surface area contributed by atoms with Crippen molar-refractivity contribution in [2.45, 2.75) is 101 Å². The first kappa shape index (κ1) is 38.1. The second kappa shape index (κ2) is 17.3. The van der Waals surface area contributed by atoms with Crippen molar-refractivity contribution in [2.24, 2.45) is 11.8 Å². The lowest BCUT2D eigenvalue weighted by Gasteiger charge is -2.43. The monoisotopic (exact) mass is 697 g/mol. The number of rotatable bonds is 14. The van der Waals surface area contributed by atoms with E-state index in [1.165, 1.54) is 15.3 Å². The molecule has 1 aliphatic heterocycles. The summed E-state index contributed by atoms with van der Waals surface area (Å²) in [6, 6.07) is 34.8. The van der Waals surface area contributed by atoms with Crippen molar-refractivity contribution in [3.05, 3.63) is 115 Å². The van der Waals surface area contributed by atoms with Crippen LogP contribution in [0.3, 0.4) is 0 Å². The summed E-state index contributed by atoms with van der Waals surface area (Å²) in [5.41, 5.74) is 1.01. The van der Waals surface area contributed by atoms with Crippen LogP contribution in [-0.2, 0) is 13.6 Å². The molecule has 3 aromatic carbocycles. The van der Waals surface area contributed by atoms with Gasteiger partial charge in [0.15, 0.2) is 14.4 Å². The van der Waals surface area contributed by atoms with E-state index in [-0.39, 0.29) is 22.5 Å². The van der Waals surface area contributed by atoms with Crippen LogP contribution in [0.2, 0.25) is 24.7 Å². The van der Waals surface area contributed by atoms with Crippen LogP contribution in [0.5, 0.6) is 0 Å². The molecule has 0 N–H and O–H groups in total. The summed E-state index contributed by atoms with van der Waals surface area (Å²) in [5, 5.41) is 12.3. The van der Waals surface area contributed by atoms with Gasteiger partial charge < -0.3 is 13.6 Å². The highest BCUT2D eigenvalue weighted by atomic mass is 32.2. The number of nitriles is 1. The van der Waals surface area contributed by atoms with E-state index >= 15 is 0 Å². The van der Waals surface area contributed by atoms with Crippen LogP contribution in [0.25, 0.3) is 0 Å². The molecular formula is C41H55NO3SSi2. The third-order valence-corrected chi connectivity index (χ3v) is 16.1. The molecule has 1 fully saturated rings. The van der Waals surface area contributed by atoms with Crippen molar-refractivity contribution < 1.29 is 13.6 Å². The fraction of sp³-hybridized carbons (Fsp3) is 0.439. The van der Waals surface area contributed by atoms with Crippen LogP contribution in [0, 0.1) is 23.2 Å². The maximum atomic E-state index is 9.70. The van der Waals surface area contributed by atoms with Crippen LogP contribution >= 0.6 is 11.8 Å². The fourth-order valence-electron chi connectivity index (χ4n) is 6.61. The van der Waals surface area contributed by atoms with Crippen LogP contribution in [-0.4, -0.2) is 40.9 Å². The topological polar surface area (TPSA) is 51.5 Å². The van der Waals surface area contributed by atoms with Crippen LogP contribution < -0.4 is 10.4 Å². The Balaban J connectivity index is 1.53. The van der Waals surface area contributed by atoms with E-state index in [1.54, 1.807) is 0 Å². The number of benzene rings is 3. The zero-order valence-corrected chi connectivity index (χ0v) is 33.0. The van der Waals surface area contributed by atoms with E-state index in [4.69, 9.17) is 13.6 Å². The van der Waals surface area contributed by atoms with Crippen molar-refractivity contribution in [1.82, 2.24) is 0 Å². The van der Waals surface area contributed by atoms with Crippen LogP contribution in [0.1, 0.15) is 53.9 Å². The fourth-order valence-corrected chi connectivity index (χ4v) is 13.3. The Morgan fingerprint density at radius 1 is 0.938 bits per heavy atom. The molecule has 1 unspecified atom stereocenters. The standard InChI is InChI=1S/C41H55NO3SSi2/c1-32(19-18-20-33(2)39(31-42)45-47(6,7)8)38-29-34(30-40(44-38)46-35-21-12-9-13-22-35)27-28-43-48(41(3,4)5,36-23-14-10-15-24-36)37-25-16-11-17-26-37/h9-26,32,34,38-40H,27-30H2,1-8H3/b19-18+,33-20+/t32-,34-,38-,39?,40+/m1/s1. The Hall–Kier alpha value is -2.71. The lowest BCUT2D eigenvalue weighted by Crippen LogP contribution is -2.66. The highest BCUT2D eigenvalue weighted by Crippen LogP contribution is 2.40. The third kappa shape index (κ3) is 10.4. The van der Waals surface area contributed by atoms with Crippen molar-refractivity contribution in [1.29, 1.82) is 5.26 Å². The van der Waals surface area contributed by atoms with Crippen LogP contribution in [0.4, 0.5) is 0 Å². The summed E-state index contributed by atoms with van der Waals surface area (Å²) in [6.45, 7) is 18.3. The van der Waals surface area contributed by atoms with Gasteiger partial charge in [0.05, 0.1) is 12.2 Å². The second-order valence-electron chi connectivity index (χ2n) is 15.1. The molecule has 5 atom stereocenters. The predicted molar refractivity (Wildman–Crippen MR) is 208 cm³/mol. The van der Waals surface area contributed by atoms with Gasteiger partial charge in [0.1, 0.15) is 5.44 Å². The van der Waals surface area contributed by atoms with Gasteiger partial charge in [-0.25, -0.2) is 0 Å². The highest BCUT2D eigenvalue weighted by molar-refractivity contribution is 7.99. The maximum Gasteiger partial charge on any atom is 0.261 e. The first-order chi connectivity index (χ1) is 22.8. The molecule has 256 valence electrons. The molecule has 1 aliphatic rings. The van der Waals surface area contributed by atoms with E-state index in [9.17, 15) is 5.26 Å². The van der Waals surface area contributed by atoms with E-state index in [0.717, 1.165) is 24.8 Å². The molecule has 3 aromatic rings. The number of allylic oxidation sites excluding steroid dienone is 2.